The van der Waals surface area contributed by atoms with Gasteiger partial charge in [0.2, 0.25) is 5.69 Å². The first-order chi connectivity index (χ1) is 12.5. The topological polar surface area (TPSA) is 44.8 Å². The first-order valence-corrected chi connectivity index (χ1v) is 14.1. The van der Waals surface area contributed by atoms with Crippen LogP contribution >= 0.6 is 17.9 Å². The highest BCUT2D eigenvalue weighted by atomic mass is 32.9. The van der Waals surface area contributed by atoms with Crippen LogP contribution in [0.4, 0.5) is 0 Å². The van der Waals surface area contributed by atoms with Crippen molar-refractivity contribution in [2.75, 3.05) is 13.2 Å². The molecule has 2 atom stereocenters. The summed E-state index contributed by atoms with van der Waals surface area (Å²) in [6, 6.07) is 0. The van der Waals surface area contributed by atoms with E-state index in [1.54, 1.807) is 0 Å². The standard InChI is InChI=1S/C19H37O4PS2/c1-2-3-4-5-6-7-8-9-10-11-12-13-14-15-19(20)21-16-18-17-22-24(25,26)23-18/h18H,2-17H2,1H3,(H,25,26). The predicted octanol–water partition coefficient (Wildman–Crippen LogP) is 6.58. The van der Waals surface area contributed by atoms with Gasteiger partial charge in [0.05, 0.1) is 6.61 Å². The van der Waals surface area contributed by atoms with E-state index in [4.69, 9.17) is 25.6 Å². The lowest BCUT2D eigenvalue weighted by atomic mass is 10.0. The molecule has 2 unspecified atom stereocenters. The third kappa shape index (κ3) is 13.5. The predicted molar refractivity (Wildman–Crippen MR) is 115 cm³/mol. The Kier molecular flexibility index (Phi) is 14.4. The van der Waals surface area contributed by atoms with Crippen LogP contribution in [-0.4, -0.2) is 25.3 Å². The fourth-order valence-corrected chi connectivity index (χ4v) is 5.11. The van der Waals surface area contributed by atoms with Crippen LogP contribution in [0.25, 0.3) is 0 Å². The van der Waals surface area contributed by atoms with Gasteiger partial charge in [-0.15, -0.1) is 0 Å². The third-order valence-electron chi connectivity index (χ3n) is 4.62. The van der Waals surface area contributed by atoms with E-state index >= 15 is 0 Å². The number of unbranched alkanes of at least 4 members (excludes halogenated alkanes) is 12. The summed E-state index contributed by atoms with van der Waals surface area (Å²) in [5.74, 6) is -0.156. The highest BCUT2D eigenvalue weighted by Gasteiger charge is 2.30. The van der Waals surface area contributed by atoms with E-state index in [2.05, 4.69) is 19.2 Å². The zero-order valence-corrected chi connectivity index (χ0v) is 18.9. The summed E-state index contributed by atoms with van der Waals surface area (Å²) in [4.78, 5) is 11.7. The van der Waals surface area contributed by atoms with Crippen molar-refractivity contribution in [1.82, 2.24) is 0 Å². The minimum atomic E-state index is -2.37. The fraction of sp³-hybridized carbons (Fsp3) is 0.947. The van der Waals surface area contributed by atoms with Crippen molar-refractivity contribution in [2.45, 2.75) is 103 Å². The van der Waals surface area contributed by atoms with Gasteiger partial charge in [-0.1, -0.05) is 96.2 Å². The number of esters is 1. The Morgan fingerprint density at radius 3 is 1.96 bits per heavy atom. The van der Waals surface area contributed by atoms with Crippen molar-refractivity contribution in [3.05, 3.63) is 0 Å². The maximum atomic E-state index is 11.7. The Morgan fingerprint density at radius 1 is 1.00 bits per heavy atom. The monoisotopic (exact) mass is 424 g/mol. The number of rotatable bonds is 16. The second-order valence-corrected chi connectivity index (χ2v) is 12.4. The van der Waals surface area contributed by atoms with Crippen LogP contribution in [0.1, 0.15) is 96.8 Å². The minimum Gasteiger partial charge on any atom is -0.463 e. The van der Waals surface area contributed by atoms with Gasteiger partial charge in [0.1, 0.15) is 12.7 Å². The molecule has 0 aromatic rings. The maximum absolute atomic E-state index is 11.7. The summed E-state index contributed by atoms with van der Waals surface area (Å²) < 4.78 is 15.9. The number of hydrogen-bond acceptors (Lipinski definition) is 5. The van der Waals surface area contributed by atoms with Gasteiger partial charge in [-0.2, -0.15) is 0 Å². The van der Waals surface area contributed by atoms with Crippen LogP contribution in [0.2, 0.25) is 0 Å². The summed E-state index contributed by atoms with van der Waals surface area (Å²) in [6.45, 7) is 2.85. The molecule has 1 rings (SSSR count). The van der Waals surface area contributed by atoms with Gasteiger partial charge >= 0.3 is 5.97 Å². The Labute approximate surface area is 170 Å². The Morgan fingerprint density at radius 2 is 1.50 bits per heavy atom. The zero-order valence-electron chi connectivity index (χ0n) is 16.3. The molecule has 26 heavy (non-hydrogen) atoms. The number of hydrogen-bond donors (Lipinski definition) is 1. The van der Waals surface area contributed by atoms with Crippen LogP contribution in [0.3, 0.4) is 0 Å². The molecule has 1 aliphatic heterocycles. The van der Waals surface area contributed by atoms with E-state index in [9.17, 15) is 4.79 Å². The average molecular weight is 425 g/mol. The molecule has 1 saturated heterocycles. The molecule has 154 valence electrons. The molecule has 0 aromatic carbocycles. The van der Waals surface area contributed by atoms with Gasteiger partial charge in [0.25, 0.3) is 0 Å². The summed E-state index contributed by atoms with van der Waals surface area (Å²) in [6.07, 6.45) is 17.1. The minimum absolute atomic E-state index is 0.156. The highest BCUT2D eigenvalue weighted by molar-refractivity contribution is 8.60. The molecule has 0 radical (unpaired) electrons. The average Bonchev–Trinajstić information content (AvgIpc) is 2.96. The molecule has 7 heteroatoms. The molecule has 0 aliphatic carbocycles. The molecule has 1 heterocycles. The van der Waals surface area contributed by atoms with Gasteiger partial charge < -0.3 is 13.8 Å². The molecule has 0 bridgehead atoms. The molecule has 0 amide bonds. The number of thiol groups is 1. The SMILES string of the molecule is CCCCCCCCCCCCCCCC(=O)OCC1COP(=S)(S)O1. The van der Waals surface area contributed by atoms with Crippen LogP contribution in [0, 0.1) is 0 Å². The zero-order chi connectivity index (χ0) is 19.1. The molecule has 0 N–H and O–H groups in total. The molecular weight excluding hydrogens is 387 g/mol. The molecule has 0 spiro atoms. The van der Waals surface area contributed by atoms with Gasteiger partial charge in [0.15, 0.2) is 0 Å². The van der Waals surface area contributed by atoms with Gasteiger partial charge in [-0.3, -0.25) is 4.79 Å². The molecule has 4 nitrogen and oxygen atoms in total. The largest absolute Gasteiger partial charge is 0.463 e. The molecule has 0 aromatic heterocycles. The summed E-state index contributed by atoms with van der Waals surface area (Å²) in [5.41, 5.74) is -2.37. The Balaban J connectivity index is 1.80. The Hall–Kier alpha value is 0.390. The number of carbonyl (C=O) groups is 1. The van der Waals surface area contributed by atoms with Crippen molar-refractivity contribution in [1.29, 1.82) is 0 Å². The lowest BCUT2D eigenvalue weighted by Crippen LogP contribution is -2.20. The third-order valence-corrected chi connectivity index (χ3v) is 6.86. The van der Waals surface area contributed by atoms with Crippen molar-refractivity contribution in [3.8, 4) is 0 Å². The first-order valence-electron chi connectivity index (χ1n) is 10.3. The van der Waals surface area contributed by atoms with Gasteiger partial charge in [-0.05, 0) is 18.2 Å². The van der Waals surface area contributed by atoms with Crippen molar-refractivity contribution < 1.29 is 18.6 Å². The second kappa shape index (κ2) is 15.3. The van der Waals surface area contributed by atoms with Crippen LogP contribution in [0.15, 0.2) is 0 Å². The Bertz CT molecular complexity index is 420. The van der Waals surface area contributed by atoms with Crippen molar-refractivity contribution >= 4 is 35.7 Å². The van der Waals surface area contributed by atoms with Crippen LogP contribution in [0.5, 0.6) is 0 Å². The van der Waals surface area contributed by atoms with E-state index in [-0.39, 0.29) is 18.7 Å². The fourth-order valence-electron chi connectivity index (χ4n) is 3.05. The van der Waals surface area contributed by atoms with Crippen molar-refractivity contribution in [2.24, 2.45) is 0 Å². The first kappa shape index (κ1) is 24.4. The second-order valence-electron chi connectivity index (χ2n) is 7.17. The van der Waals surface area contributed by atoms with E-state index in [1.807, 2.05) is 0 Å². The lowest BCUT2D eigenvalue weighted by molar-refractivity contribution is -0.145. The van der Waals surface area contributed by atoms with Gasteiger partial charge in [-0.25, -0.2) is 0 Å². The van der Waals surface area contributed by atoms with Crippen LogP contribution < -0.4 is 0 Å². The maximum Gasteiger partial charge on any atom is 0.305 e. The highest BCUT2D eigenvalue weighted by Crippen LogP contribution is 2.58. The molecular formula is C19H37O4PS2. The van der Waals surface area contributed by atoms with E-state index in [0.29, 0.717) is 13.0 Å². The summed E-state index contributed by atoms with van der Waals surface area (Å²) >= 11 is 9.15. The quantitative estimate of drug-likeness (QED) is 0.131. The molecule has 1 fully saturated rings. The summed E-state index contributed by atoms with van der Waals surface area (Å²) in [7, 11) is 0. The molecule has 0 saturated carbocycles. The van der Waals surface area contributed by atoms with Crippen LogP contribution in [-0.2, 0) is 30.4 Å². The smallest absolute Gasteiger partial charge is 0.305 e. The van der Waals surface area contributed by atoms with Gasteiger partial charge in [0, 0.05) is 6.42 Å². The lowest BCUT2D eigenvalue weighted by Gasteiger charge is -2.10. The van der Waals surface area contributed by atoms with E-state index < -0.39 is 5.69 Å². The van der Waals surface area contributed by atoms with Crippen molar-refractivity contribution in [3.63, 3.8) is 0 Å². The van der Waals surface area contributed by atoms with E-state index in [0.717, 1.165) is 12.8 Å². The summed E-state index contributed by atoms with van der Waals surface area (Å²) in [5, 5.41) is 0. The van der Waals surface area contributed by atoms with E-state index in [1.165, 1.54) is 70.6 Å². The number of ether oxygens (including phenoxy) is 1. The normalized spacial score (nSPS) is 22.6. The molecule has 1 aliphatic rings. The number of carbonyl (C=O) groups excluding carboxylic acids is 1.